The van der Waals surface area contributed by atoms with Crippen LogP contribution in [0.4, 0.5) is 34.1 Å². The van der Waals surface area contributed by atoms with Crippen LogP contribution in [-0.4, -0.2) is 13.2 Å². The number of ether oxygens (including phenoxy) is 2. The van der Waals surface area contributed by atoms with E-state index < -0.39 is 5.41 Å². The van der Waals surface area contributed by atoms with Crippen LogP contribution in [0.25, 0.3) is 50.1 Å². The number of aryl methyl sites for hydroxylation is 1. The first-order valence-corrected chi connectivity index (χ1v) is 28.1. The average Bonchev–Trinajstić information content (AvgIpc) is 3.93. The first kappa shape index (κ1) is 49.2. The second kappa shape index (κ2) is 19.4. The number of nitrogens with zero attached hydrogens (tertiary/aromatic N) is 2. The van der Waals surface area contributed by atoms with Crippen molar-refractivity contribution in [2.45, 2.75) is 51.2 Å². The summed E-state index contributed by atoms with van der Waals surface area (Å²) >= 11 is 0. The van der Waals surface area contributed by atoms with Gasteiger partial charge in [0.05, 0.1) is 18.6 Å². The monoisotopic (exact) mass is 1030 g/mol. The van der Waals surface area contributed by atoms with Crippen molar-refractivity contribution in [3.05, 3.63) is 305 Å². The zero-order chi connectivity index (χ0) is 54.3. The molecule has 3 aliphatic carbocycles. The number of hydrogen-bond donors (Lipinski definition) is 0. The van der Waals surface area contributed by atoms with Gasteiger partial charge in [-0.25, -0.2) is 0 Å². The van der Waals surface area contributed by atoms with Crippen LogP contribution in [0.15, 0.2) is 250 Å². The van der Waals surface area contributed by atoms with E-state index in [1.54, 1.807) is 0 Å². The highest BCUT2D eigenvalue weighted by Crippen LogP contribution is 2.64. The van der Waals surface area contributed by atoms with Crippen molar-refractivity contribution < 1.29 is 9.47 Å². The summed E-state index contributed by atoms with van der Waals surface area (Å²) in [5, 5.41) is 0. The molecule has 0 aromatic heterocycles. The molecule has 1 aliphatic heterocycles. The minimum Gasteiger partial charge on any atom is -0.346 e. The normalized spacial score (nSPS) is 16.0. The molecule has 4 aliphatic rings. The second-order valence-electron chi connectivity index (χ2n) is 22.3. The lowest BCUT2D eigenvalue weighted by Crippen LogP contribution is -2.26. The average molecular weight is 1040 g/mol. The molecule has 1 heterocycles. The van der Waals surface area contributed by atoms with E-state index in [0.717, 1.165) is 68.4 Å². The Labute approximate surface area is 470 Å². The quantitative estimate of drug-likeness (QED) is 0.0899. The smallest absolute Gasteiger partial charge is 0.184 e. The van der Waals surface area contributed by atoms with Gasteiger partial charge in [-0.05, 0) is 193 Å². The molecule has 4 nitrogen and oxygen atoms in total. The third-order valence-corrected chi connectivity index (χ3v) is 17.4. The van der Waals surface area contributed by atoms with Gasteiger partial charge in [-0.1, -0.05) is 184 Å². The van der Waals surface area contributed by atoms with Gasteiger partial charge in [0.25, 0.3) is 0 Å². The Kier molecular flexibility index (Phi) is 11.9. The Hall–Kier alpha value is -9.06. The maximum absolute atomic E-state index is 5.82. The molecule has 0 radical (unpaired) electrons. The Balaban J connectivity index is 0.956. The highest BCUT2D eigenvalue weighted by molar-refractivity contribution is 5.98. The van der Waals surface area contributed by atoms with Gasteiger partial charge >= 0.3 is 0 Å². The highest BCUT2D eigenvalue weighted by Gasteiger charge is 2.52. The molecular weight excluding hydrogens is 973 g/mol. The molecule has 1 spiro atoms. The van der Waals surface area contributed by atoms with Gasteiger partial charge in [0.2, 0.25) is 0 Å². The molecule has 1 unspecified atom stereocenters. The van der Waals surface area contributed by atoms with E-state index in [-0.39, 0.29) is 11.7 Å². The molecule has 1 fully saturated rings. The molecule has 1 saturated heterocycles. The van der Waals surface area contributed by atoms with Crippen molar-refractivity contribution in [1.82, 2.24) is 0 Å². The van der Waals surface area contributed by atoms with Crippen molar-refractivity contribution in [2.75, 3.05) is 23.0 Å². The minimum absolute atomic E-state index is 0.180. The van der Waals surface area contributed by atoms with Crippen LogP contribution in [0.2, 0.25) is 0 Å². The molecule has 4 heteroatoms. The Morgan fingerprint density at radius 3 is 1.44 bits per heavy atom. The number of allylic oxidation sites excluding steroid dienone is 4. The fourth-order valence-corrected chi connectivity index (χ4v) is 13.7. The van der Waals surface area contributed by atoms with Crippen molar-refractivity contribution in [3.63, 3.8) is 0 Å². The van der Waals surface area contributed by atoms with Crippen molar-refractivity contribution in [1.29, 1.82) is 0 Å². The van der Waals surface area contributed by atoms with Crippen molar-refractivity contribution in [2.24, 2.45) is 0 Å². The summed E-state index contributed by atoms with van der Waals surface area (Å²) in [7, 11) is 0. The van der Waals surface area contributed by atoms with Gasteiger partial charge in [0.15, 0.2) is 6.29 Å². The molecule has 0 saturated carbocycles. The molecule has 1 atom stereocenters. The lowest BCUT2D eigenvalue weighted by molar-refractivity contribution is -0.0441. The molecule has 0 bridgehead atoms. The van der Waals surface area contributed by atoms with E-state index in [9.17, 15) is 0 Å². The van der Waals surface area contributed by atoms with E-state index in [2.05, 4.69) is 274 Å². The molecule has 388 valence electrons. The van der Waals surface area contributed by atoms with Crippen LogP contribution in [0.1, 0.15) is 82.7 Å². The molecule has 14 rings (SSSR count). The van der Waals surface area contributed by atoms with E-state index in [1.165, 1.54) is 77.9 Å². The van der Waals surface area contributed by atoms with Gasteiger partial charge in [-0.15, -0.1) is 6.58 Å². The fraction of sp³-hybridized carbons (Fsp3) is 0.132. The predicted octanol–water partition coefficient (Wildman–Crippen LogP) is 19.6. The molecule has 80 heavy (non-hydrogen) atoms. The summed E-state index contributed by atoms with van der Waals surface area (Å²) < 4.78 is 11.6. The van der Waals surface area contributed by atoms with E-state index in [4.69, 9.17) is 9.47 Å². The molecule has 10 aromatic rings. The second-order valence-corrected chi connectivity index (χ2v) is 22.3. The summed E-state index contributed by atoms with van der Waals surface area (Å²) in [6.07, 6.45) is 6.62. The van der Waals surface area contributed by atoms with Crippen LogP contribution < -0.4 is 9.80 Å². The molecule has 0 amide bonds. The maximum Gasteiger partial charge on any atom is 0.184 e. The number of anilines is 6. The third kappa shape index (κ3) is 7.73. The van der Waals surface area contributed by atoms with Gasteiger partial charge in [0.1, 0.15) is 0 Å². The van der Waals surface area contributed by atoms with E-state index >= 15 is 0 Å². The fourth-order valence-electron chi connectivity index (χ4n) is 13.7. The molecule has 10 aromatic carbocycles. The first-order chi connectivity index (χ1) is 39.1. The summed E-state index contributed by atoms with van der Waals surface area (Å²) in [5.41, 5.74) is 29.0. The van der Waals surface area contributed by atoms with Crippen LogP contribution in [0.3, 0.4) is 0 Å². The van der Waals surface area contributed by atoms with E-state index in [1.807, 2.05) is 13.0 Å². The van der Waals surface area contributed by atoms with Gasteiger partial charge in [0, 0.05) is 45.1 Å². The number of benzene rings is 10. The van der Waals surface area contributed by atoms with Crippen LogP contribution in [-0.2, 0) is 26.7 Å². The maximum atomic E-state index is 5.82. The Bertz CT molecular complexity index is 4130. The Morgan fingerprint density at radius 2 is 0.912 bits per heavy atom. The third-order valence-electron chi connectivity index (χ3n) is 17.4. The lowest BCUT2D eigenvalue weighted by atomic mass is 9.70. The van der Waals surface area contributed by atoms with Crippen LogP contribution in [0.5, 0.6) is 0 Å². The van der Waals surface area contributed by atoms with Crippen LogP contribution >= 0.6 is 0 Å². The topological polar surface area (TPSA) is 24.9 Å². The van der Waals surface area contributed by atoms with Gasteiger partial charge in [-0.2, -0.15) is 0 Å². The summed E-state index contributed by atoms with van der Waals surface area (Å²) in [5.74, 6) is 0. The number of fused-ring (bicyclic) bond motifs is 13. The van der Waals surface area contributed by atoms with Crippen molar-refractivity contribution >= 4 is 39.7 Å². The number of hydrogen-bond acceptors (Lipinski definition) is 4. The standard InChI is InChI=1S/C76H62N2O2/c1-7-15-49(3)61-39-35-57(45-50(61)4)77(55-31-23-51(16-8-2)24-32-55)59-37-41-66-63-18-10-13-21-69(63)76(72(66)47-59)70-22-14-11-19-64(70)67-42-38-60(48-73(67)76)78(58-36-40-65-62-17-9-12-20-68(62)75(5,6)71(65)46-58)56-33-29-53(30-34-56)52-25-27-54(28-26-52)74-79-43-44-80-74/h7-15,17-42,45-48,74H,2-3,16,43-44H2,1,4-6H3. The number of rotatable bonds is 12. The SMILES string of the molecule is C=CCc1ccc(N(c2ccc(C(=C)C=CC)c(C)c2)c2ccc3c(c2)C2(c4ccccc4-3)c3ccccc3-c3ccc(N(c4ccc(-c5ccc(C6OCCO6)cc5)cc4)c4ccc5c(c4)C(C)(C)c4ccccc4-5)cc32)cc1. The predicted molar refractivity (Wildman–Crippen MR) is 332 cm³/mol. The lowest BCUT2D eigenvalue weighted by Gasteiger charge is -2.33. The van der Waals surface area contributed by atoms with Crippen molar-refractivity contribution in [3.8, 4) is 44.5 Å². The zero-order valence-electron chi connectivity index (χ0n) is 45.8. The van der Waals surface area contributed by atoms with Gasteiger partial charge in [-0.3, -0.25) is 0 Å². The summed E-state index contributed by atoms with van der Waals surface area (Å²) in [4.78, 5) is 4.90. The highest BCUT2D eigenvalue weighted by atomic mass is 16.7. The first-order valence-electron chi connectivity index (χ1n) is 28.1. The van der Waals surface area contributed by atoms with Crippen LogP contribution in [0, 0.1) is 6.92 Å². The summed E-state index contributed by atoms with van der Waals surface area (Å²) in [6.45, 7) is 18.7. The minimum atomic E-state index is -0.634. The molecule has 0 N–H and O–H groups in total. The van der Waals surface area contributed by atoms with E-state index in [0.29, 0.717) is 13.2 Å². The summed E-state index contributed by atoms with van der Waals surface area (Å²) in [6, 6.07) is 82.1. The van der Waals surface area contributed by atoms with Gasteiger partial charge < -0.3 is 19.3 Å². The Morgan fingerprint density at radius 1 is 0.487 bits per heavy atom. The molecular formula is C76H62N2O2. The zero-order valence-corrected chi connectivity index (χ0v) is 45.8. The largest absolute Gasteiger partial charge is 0.346 e.